The van der Waals surface area contributed by atoms with Crippen molar-refractivity contribution in [1.29, 1.82) is 0 Å². The number of piperidine rings is 1. The number of ketones is 1. The van der Waals surface area contributed by atoms with E-state index in [-0.39, 0.29) is 35.5 Å². The Kier molecular flexibility index (Phi) is 4.54. The summed E-state index contributed by atoms with van der Waals surface area (Å²) in [5.41, 5.74) is 9.76. The predicted octanol–water partition coefficient (Wildman–Crippen LogP) is 1.14. The number of rotatable bonds is 4. The average Bonchev–Trinajstić information content (AvgIpc) is 3.42. The zero-order valence-electron chi connectivity index (χ0n) is 17.5. The SMILES string of the molecule is CC(=O)c1c([C@H]2C[C@H]3CC[C@@H](C2)N3C(=O)CO)nc2c(-c3cnn(C)c3)cnn2c1N. The molecule has 0 saturated carbocycles. The number of hydrogen-bond acceptors (Lipinski definition) is 7. The van der Waals surface area contributed by atoms with Crippen LogP contribution >= 0.6 is 0 Å². The van der Waals surface area contributed by atoms with E-state index in [1.807, 2.05) is 18.1 Å². The van der Waals surface area contributed by atoms with Crippen molar-refractivity contribution >= 4 is 23.2 Å². The maximum Gasteiger partial charge on any atom is 0.248 e. The third kappa shape index (κ3) is 3.01. The number of aliphatic hydroxyl groups is 1. The second-order valence-corrected chi connectivity index (χ2v) is 8.52. The lowest BCUT2D eigenvalue weighted by molar-refractivity contribution is -0.138. The monoisotopic (exact) mass is 423 g/mol. The Morgan fingerprint density at radius 3 is 2.48 bits per heavy atom. The van der Waals surface area contributed by atoms with Crippen LogP contribution in [-0.2, 0) is 11.8 Å². The lowest BCUT2D eigenvalue weighted by Gasteiger charge is -2.39. The van der Waals surface area contributed by atoms with Gasteiger partial charge < -0.3 is 15.7 Å². The summed E-state index contributed by atoms with van der Waals surface area (Å²) in [4.78, 5) is 31.5. The van der Waals surface area contributed by atoms with Gasteiger partial charge in [0.15, 0.2) is 11.4 Å². The first kappa shape index (κ1) is 19.7. The molecule has 0 radical (unpaired) electrons. The summed E-state index contributed by atoms with van der Waals surface area (Å²) >= 11 is 0. The normalized spacial score (nSPS) is 22.9. The van der Waals surface area contributed by atoms with E-state index in [1.165, 1.54) is 11.4 Å². The van der Waals surface area contributed by atoms with Crippen LogP contribution < -0.4 is 5.73 Å². The lowest BCUT2D eigenvalue weighted by Crippen LogP contribution is -2.47. The minimum absolute atomic E-state index is 0.00286. The van der Waals surface area contributed by atoms with E-state index in [2.05, 4.69) is 10.2 Å². The van der Waals surface area contributed by atoms with Crippen LogP contribution in [0.15, 0.2) is 18.6 Å². The first-order valence-corrected chi connectivity index (χ1v) is 10.5. The molecule has 2 saturated heterocycles. The third-order valence-corrected chi connectivity index (χ3v) is 6.62. The highest BCUT2D eigenvalue weighted by Gasteiger charge is 2.44. The molecule has 31 heavy (non-hydrogen) atoms. The summed E-state index contributed by atoms with van der Waals surface area (Å²) < 4.78 is 3.22. The van der Waals surface area contributed by atoms with Crippen LogP contribution in [0.25, 0.3) is 16.8 Å². The fourth-order valence-electron chi connectivity index (χ4n) is 5.34. The van der Waals surface area contributed by atoms with Crippen LogP contribution in [0.5, 0.6) is 0 Å². The first-order chi connectivity index (χ1) is 14.9. The molecule has 0 unspecified atom stereocenters. The molecule has 0 spiro atoms. The summed E-state index contributed by atoms with van der Waals surface area (Å²) in [5.74, 6) is -0.0937. The van der Waals surface area contributed by atoms with E-state index in [9.17, 15) is 14.7 Å². The molecule has 2 aliphatic heterocycles. The number of Topliss-reactive ketones (excluding diaryl/α,β-unsaturated/α-hetero) is 1. The highest BCUT2D eigenvalue weighted by atomic mass is 16.3. The average molecular weight is 423 g/mol. The molecule has 0 aromatic carbocycles. The second kappa shape index (κ2) is 7.16. The lowest BCUT2D eigenvalue weighted by atomic mass is 9.85. The second-order valence-electron chi connectivity index (χ2n) is 8.52. The number of nitrogens with zero attached hydrogens (tertiary/aromatic N) is 6. The third-order valence-electron chi connectivity index (χ3n) is 6.62. The molecule has 5 heterocycles. The van der Waals surface area contributed by atoms with E-state index in [0.717, 1.165) is 24.0 Å². The molecular weight excluding hydrogens is 398 g/mol. The molecule has 2 bridgehead atoms. The van der Waals surface area contributed by atoms with Gasteiger partial charge in [-0.15, -0.1) is 0 Å². The van der Waals surface area contributed by atoms with Gasteiger partial charge in [0.25, 0.3) is 0 Å². The first-order valence-electron chi connectivity index (χ1n) is 10.5. The molecule has 3 N–H and O–H groups in total. The number of aliphatic hydroxyl groups excluding tert-OH is 1. The molecule has 2 aliphatic rings. The van der Waals surface area contributed by atoms with Crippen LogP contribution in [0.4, 0.5) is 5.82 Å². The quantitative estimate of drug-likeness (QED) is 0.602. The number of fused-ring (bicyclic) bond motifs is 3. The number of amides is 1. The van der Waals surface area contributed by atoms with Crippen LogP contribution in [0, 0.1) is 0 Å². The molecule has 5 rings (SSSR count). The van der Waals surface area contributed by atoms with E-state index in [4.69, 9.17) is 10.7 Å². The van der Waals surface area contributed by atoms with Gasteiger partial charge in [-0.3, -0.25) is 14.3 Å². The summed E-state index contributed by atoms with van der Waals surface area (Å²) in [5, 5.41) is 18.0. The van der Waals surface area contributed by atoms with Crippen molar-refractivity contribution in [3.63, 3.8) is 0 Å². The van der Waals surface area contributed by atoms with Crippen molar-refractivity contribution in [2.75, 3.05) is 12.3 Å². The van der Waals surface area contributed by atoms with Gasteiger partial charge in [-0.05, 0) is 32.6 Å². The van der Waals surface area contributed by atoms with E-state index < -0.39 is 6.61 Å². The maximum atomic E-state index is 12.6. The Labute approximate surface area is 178 Å². The largest absolute Gasteiger partial charge is 0.387 e. The van der Waals surface area contributed by atoms with Gasteiger partial charge in [-0.25, -0.2) is 4.98 Å². The zero-order chi connectivity index (χ0) is 21.9. The topological polar surface area (TPSA) is 132 Å². The van der Waals surface area contributed by atoms with Crippen LogP contribution in [-0.4, -0.2) is 64.8 Å². The van der Waals surface area contributed by atoms with Gasteiger partial charge in [0.2, 0.25) is 5.91 Å². The van der Waals surface area contributed by atoms with Gasteiger partial charge in [0.05, 0.1) is 23.7 Å². The molecule has 162 valence electrons. The zero-order valence-corrected chi connectivity index (χ0v) is 17.5. The van der Waals surface area contributed by atoms with Gasteiger partial charge in [-0.2, -0.15) is 14.7 Å². The molecule has 3 atom stereocenters. The number of aryl methyl sites for hydroxylation is 1. The number of carbonyl (C=O) groups excluding carboxylic acids is 2. The minimum atomic E-state index is -0.474. The van der Waals surface area contributed by atoms with Crippen molar-refractivity contribution in [1.82, 2.24) is 29.3 Å². The Hall–Kier alpha value is -3.27. The highest BCUT2D eigenvalue weighted by molar-refractivity contribution is 6.00. The maximum absolute atomic E-state index is 12.6. The van der Waals surface area contributed by atoms with Crippen LogP contribution in [0.2, 0.25) is 0 Å². The van der Waals surface area contributed by atoms with Gasteiger partial charge in [0, 0.05) is 42.4 Å². The molecule has 3 aromatic heterocycles. The number of anilines is 1. The van der Waals surface area contributed by atoms with Gasteiger partial charge in [0.1, 0.15) is 12.4 Å². The standard InChI is InChI=1S/C21H25N7O3/c1-11(30)18-19(12-5-14-3-4-15(6-12)27(14)17(31)10-29)25-21-16(8-24-28(21)20(18)22)13-7-23-26(2)9-13/h7-9,12,14-15,29H,3-6,10,22H2,1-2H3/t12-,14+,15-. The van der Waals surface area contributed by atoms with Crippen molar-refractivity contribution < 1.29 is 14.7 Å². The fourth-order valence-corrected chi connectivity index (χ4v) is 5.34. The van der Waals surface area contributed by atoms with Crippen molar-refractivity contribution in [3.05, 3.63) is 29.8 Å². The summed E-state index contributed by atoms with van der Waals surface area (Å²) in [6, 6.07) is 0.0929. The van der Waals surface area contributed by atoms with Gasteiger partial charge >= 0.3 is 0 Å². The number of carbonyl (C=O) groups is 2. The highest BCUT2D eigenvalue weighted by Crippen LogP contribution is 2.44. The Bertz CT molecular complexity index is 1180. The summed E-state index contributed by atoms with van der Waals surface area (Å²) in [7, 11) is 1.84. The number of nitrogens with two attached hydrogens (primary N) is 1. The van der Waals surface area contributed by atoms with Crippen molar-refractivity contribution in [2.45, 2.75) is 50.6 Å². The summed E-state index contributed by atoms with van der Waals surface area (Å²) in [6.45, 7) is 1.02. The Morgan fingerprint density at radius 2 is 1.90 bits per heavy atom. The van der Waals surface area contributed by atoms with E-state index >= 15 is 0 Å². The van der Waals surface area contributed by atoms with E-state index in [0.29, 0.717) is 29.7 Å². The summed E-state index contributed by atoms with van der Waals surface area (Å²) in [6.07, 6.45) is 8.50. The Morgan fingerprint density at radius 1 is 1.19 bits per heavy atom. The number of hydrogen-bond donors (Lipinski definition) is 2. The van der Waals surface area contributed by atoms with Crippen LogP contribution in [0.1, 0.15) is 54.6 Å². The van der Waals surface area contributed by atoms with Crippen molar-refractivity contribution in [2.24, 2.45) is 7.05 Å². The number of aromatic nitrogens is 5. The predicted molar refractivity (Wildman–Crippen MR) is 112 cm³/mol. The molecular formula is C21H25N7O3. The molecule has 0 aliphatic carbocycles. The Balaban J connectivity index is 1.62. The van der Waals surface area contributed by atoms with E-state index in [1.54, 1.807) is 17.1 Å². The minimum Gasteiger partial charge on any atom is -0.387 e. The van der Waals surface area contributed by atoms with Gasteiger partial charge in [-0.1, -0.05) is 0 Å². The fraction of sp³-hybridized carbons (Fsp3) is 0.476. The number of nitrogen functional groups attached to an aromatic ring is 1. The molecule has 2 fully saturated rings. The molecule has 3 aromatic rings. The van der Waals surface area contributed by atoms with Crippen LogP contribution in [0.3, 0.4) is 0 Å². The molecule has 10 heteroatoms. The smallest absolute Gasteiger partial charge is 0.248 e. The molecule has 10 nitrogen and oxygen atoms in total. The van der Waals surface area contributed by atoms with Crippen molar-refractivity contribution in [3.8, 4) is 11.1 Å². The molecule has 1 amide bonds.